The van der Waals surface area contributed by atoms with Crippen LogP contribution in [0, 0.1) is 0 Å². The van der Waals surface area contributed by atoms with E-state index >= 15 is 0 Å². The van der Waals surface area contributed by atoms with E-state index in [0.717, 1.165) is 0 Å². The molecule has 0 spiro atoms. The minimum atomic E-state index is -5.57. The Bertz CT molecular complexity index is 513. The zero-order valence-electron chi connectivity index (χ0n) is 8.54. The SMILES string of the molecule is O=S(=O)(OCCc1cc(Cl)nc(Cl)c1)C(F)(F)F. The maximum atomic E-state index is 11.9. The van der Waals surface area contributed by atoms with Gasteiger partial charge in [-0.05, 0) is 24.1 Å². The number of hydrogen-bond donors (Lipinski definition) is 0. The van der Waals surface area contributed by atoms with Gasteiger partial charge in [0.25, 0.3) is 0 Å². The van der Waals surface area contributed by atoms with Crippen LogP contribution in [0.5, 0.6) is 0 Å². The summed E-state index contributed by atoms with van der Waals surface area (Å²) in [5.41, 5.74) is -5.02. The lowest BCUT2D eigenvalue weighted by Gasteiger charge is -2.08. The van der Waals surface area contributed by atoms with Gasteiger partial charge in [-0.2, -0.15) is 21.6 Å². The van der Waals surface area contributed by atoms with Crippen molar-refractivity contribution in [3.8, 4) is 0 Å². The lowest BCUT2D eigenvalue weighted by molar-refractivity contribution is -0.0541. The number of alkyl halides is 3. The highest BCUT2D eigenvalue weighted by atomic mass is 35.5. The highest BCUT2D eigenvalue weighted by Gasteiger charge is 2.47. The molecular weight excluding hydrogens is 318 g/mol. The summed E-state index contributed by atoms with van der Waals surface area (Å²) in [6, 6.07) is 2.69. The van der Waals surface area contributed by atoms with Crippen molar-refractivity contribution >= 4 is 33.3 Å². The van der Waals surface area contributed by atoms with E-state index in [0.29, 0.717) is 5.56 Å². The fraction of sp³-hybridized carbons (Fsp3) is 0.375. The molecule has 0 aliphatic carbocycles. The Kier molecular flexibility index (Phi) is 4.82. The highest BCUT2D eigenvalue weighted by molar-refractivity contribution is 7.87. The van der Waals surface area contributed by atoms with Gasteiger partial charge in [0.05, 0.1) is 6.61 Å². The molecule has 4 nitrogen and oxygen atoms in total. The van der Waals surface area contributed by atoms with Gasteiger partial charge >= 0.3 is 15.6 Å². The number of aromatic nitrogens is 1. The van der Waals surface area contributed by atoms with E-state index in [1.807, 2.05) is 0 Å². The minimum Gasteiger partial charge on any atom is -0.263 e. The Balaban J connectivity index is 2.63. The van der Waals surface area contributed by atoms with Gasteiger partial charge in [-0.3, -0.25) is 4.18 Å². The summed E-state index contributed by atoms with van der Waals surface area (Å²) in [6.45, 7) is -0.668. The summed E-state index contributed by atoms with van der Waals surface area (Å²) in [4.78, 5) is 3.62. The van der Waals surface area contributed by atoms with E-state index in [1.54, 1.807) is 0 Å². The van der Waals surface area contributed by atoms with Gasteiger partial charge < -0.3 is 0 Å². The molecule has 0 aliphatic heterocycles. The molecule has 18 heavy (non-hydrogen) atoms. The van der Waals surface area contributed by atoms with Gasteiger partial charge in [-0.15, -0.1) is 0 Å². The first-order valence-electron chi connectivity index (χ1n) is 4.39. The summed E-state index contributed by atoms with van der Waals surface area (Å²) in [6.07, 6.45) is -0.0999. The number of halogens is 5. The quantitative estimate of drug-likeness (QED) is 0.485. The third-order valence-corrected chi connectivity index (χ3v) is 3.17. The highest BCUT2D eigenvalue weighted by Crippen LogP contribution is 2.24. The molecule has 0 saturated carbocycles. The van der Waals surface area contributed by atoms with Crippen LogP contribution in [0.4, 0.5) is 13.2 Å². The fourth-order valence-corrected chi connectivity index (χ4v) is 1.94. The molecule has 1 aromatic heterocycles. The first-order valence-corrected chi connectivity index (χ1v) is 6.56. The van der Waals surface area contributed by atoms with Crippen LogP contribution in [0.2, 0.25) is 10.3 Å². The van der Waals surface area contributed by atoms with E-state index in [-0.39, 0.29) is 16.7 Å². The second-order valence-electron chi connectivity index (χ2n) is 3.09. The lowest BCUT2D eigenvalue weighted by Crippen LogP contribution is -2.26. The van der Waals surface area contributed by atoms with Crippen LogP contribution < -0.4 is 0 Å². The topological polar surface area (TPSA) is 56.3 Å². The van der Waals surface area contributed by atoms with E-state index in [2.05, 4.69) is 9.17 Å². The van der Waals surface area contributed by atoms with Gasteiger partial charge in [0.1, 0.15) is 10.3 Å². The summed E-state index contributed by atoms with van der Waals surface area (Å²) in [7, 11) is -5.57. The molecule has 0 atom stereocenters. The predicted octanol–water partition coefficient (Wildman–Crippen LogP) is 2.80. The number of rotatable bonds is 4. The van der Waals surface area contributed by atoms with Crippen LogP contribution in [0.25, 0.3) is 0 Å². The van der Waals surface area contributed by atoms with Crippen molar-refractivity contribution in [2.75, 3.05) is 6.61 Å². The molecule has 0 radical (unpaired) electrons. The van der Waals surface area contributed by atoms with Crippen molar-refractivity contribution in [2.45, 2.75) is 11.9 Å². The molecule has 10 heteroatoms. The van der Waals surface area contributed by atoms with Gasteiger partial charge in [0, 0.05) is 0 Å². The van der Waals surface area contributed by atoms with E-state index in [9.17, 15) is 21.6 Å². The van der Waals surface area contributed by atoms with E-state index in [4.69, 9.17) is 23.2 Å². The molecule has 1 aromatic rings. The lowest BCUT2D eigenvalue weighted by atomic mass is 10.2. The van der Waals surface area contributed by atoms with Crippen LogP contribution in [0.3, 0.4) is 0 Å². The third kappa shape index (κ3) is 4.27. The Morgan fingerprint density at radius 2 is 1.72 bits per heavy atom. The van der Waals surface area contributed by atoms with Gasteiger partial charge in [0.15, 0.2) is 0 Å². The maximum absolute atomic E-state index is 11.9. The Hall–Kier alpha value is -0.570. The molecule has 0 amide bonds. The van der Waals surface area contributed by atoms with Crippen LogP contribution in [-0.4, -0.2) is 25.5 Å². The Labute approximate surface area is 111 Å². The fourth-order valence-electron chi connectivity index (χ4n) is 0.995. The zero-order chi connectivity index (χ0) is 14.0. The molecule has 0 aromatic carbocycles. The predicted molar refractivity (Wildman–Crippen MR) is 58.9 cm³/mol. The molecule has 0 unspecified atom stereocenters. The van der Waals surface area contributed by atoms with Crippen molar-refractivity contribution in [3.05, 3.63) is 28.0 Å². The molecule has 0 aliphatic rings. The molecule has 1 rings (SSSR count). The first kappa shape index (κ1) is 15.5. The maximum Gasteiger partial charge on any atom is 0.523 e. The monoisotopic (exact) mass is 323 g/mol. The van der Waals surface area contributed by atoms with Crippen LogP contribution in [0.15, 0.2) is 12.1 Å². The number of nitrogens with zero attached hydrogens (tertiary/aromatic N) is 1. The average Bonchev–Trinajstić information content (AvgIpc) is 2.13. The van der Waals surface area contributed by atoms with Crippen molar-refractivity contribution in [2.24, 2.45) is 0 Å². The van der Waals surface area contributed by atoms with Gasteiger partial charge in [0.2, 0.25) is 0 Å². The van der Waals surface area contributed by atoms with Crippen LogP contribution in [-0.2, 0) is 20.7 Å². The standard InChI is InChI=1S/C8H6Cl2F3NO3S/c9-6-3-5(4-7(10)14-6)1-2-17-18(15,16)8(11,12)13/h3-4H,1-2H2. The van der Waals surface area contributed by atoms with Crippen molar-refractivity contribution in [1.29, 1.82) is 0 Å². The number of pyridine rings is 1. The third-order valence-electron chi connectivity index (χ3n) is 1.74. The minimum absolute atomic E-state index is 0.0520. The Morgan fingerprint density at radius 3 is 2.17 bits per heavy atom. The normalized spacial score (nSPS) is 12.7. The van der Waals surface area contributed by atoms with Gasteiger partial charge in [-0.1, -0.05) is 23.2 Å². The van der Waals surface area contributed by atoms with Crippen LogP contribution >= 0.6 is 23.2 Å². The molecule has 102 valence electrons. The zero-order valence-corrected chi connectivity index (χ0v) is 10.9. The van der Waals surface area contributed by atoms with Crippen molar-refractivity contribution < 1.29 is 25.8 Å². The molecule has 0 saturated heterocycles. The van der Waals surface area contributed by atoms with Gasteiger partial charge in [-0.25, -0.2) is 4.98 Å². The smallest absolute Gasteiger partial charge is 0.263 e. The molecule has 0 bridgehead atoms. The van der Waals surface area contributed by atoms with Crippen molar-refractivity contribution in [3.63, 3.8) is 0 Å². The first-order chi connectivity index (χ1) is 8.12. The molecule has 0 fully saturated rings. The average molecular weight is 324 g/mol. The van der Waals surface area contributed by atoms with E-state index in [1.165, 1.54) is 12.1 Å². The summed E-state index contributed by atoms with van der Waals surface area (Å²) in [5, 5.41) is 0.104. The van der Waals surface area contributed by atoms with Crippen molar-refractivity contribution in [1.82, 2.24) is 4.98 Å². The molecular formula is C8H6Cl2F3NO3S. The second kappa shape index (κ2) is 5.60. The largest absolute Gasteiger partial charge is 0.523 e. The second-order valence-corrected chi connectivity index (χ2v) is 5.47. The molecule has 1 heterocycles. The number of hydrogen-bond acceptors (Lipinski definition) is 4. The summed E-state index contributed by atoms with van der Waals surface area (Å²) >= 11 is 11.1. The molecule has 0 N–H and O–H groups in total. The van der Waals surface area contributed by atoms with E-state index < -0.39 is 22.2 Å². The summed E-state index contributed by atoms with van der Waals surface area (Å²) < 4.78 is 60.7. The Morgan fingerprint density at radius 1 is 1.22 bits per heavy atom. The summed E-state index contributed by atoms with van der Waals surface area (Å²) in [5.74, 6) is 0. The van der Waals surface area contributed by atoms with Crippen LogP contribution in [0.1, 0.15) is 5.56 Å².